The van der Waals surface area contributed by atoms with Crippen LogP contribution in [0.3, 0.4) is 0 Å². The molecule has 4 rings (SSSR count). The SMILES string of the molecule is CCc1ccccc1NC(=O)c1oc2c(c1C)/C(=N/NC(=O)c1cccc(C)c1)CCC2. The quantitative estimate of drug-likeness (QED) is 0.548. The van der Waals surface area contributed by atoms with Gasteiger partial charge in [0.2, 0.25) is 0 Å². The number of furan rings is 1. The molecule has 1 aliphatic carbocycles. The van der Waals surface area contributed by atoms with E-state index in [1.54, 1.807) is 6.07 Å². The Morgan fingerprint density at radius 2 is 1.84 bits per heavy atom. The summed E-state index contributed by atoms with van der Waals surface area (Å²) in [6.07, 6.45) is 3.11. The van der Waals surface area contributed by atoms with Crippen LogP contribution in [0.2, 0.25) is 0 Å². The molecule has 0 saturated carbocycles. The number of fused-ring (bicyclic) bond motifs is 1. The highest BCUT2D eigenvalue weighted by molar-refractivity contribution is 6.09. The molecule has 164 valence electrons. The fraction of sp³-hybridized carbons (Fsp3) is 0.269. The Bertz CT molecular complexity index is 1210. The third-order valence-corrected chi connectivity index (χ3v) is 5.75. The number of carbonyl (C=O) groups is 2. The van der Waals surface area contributed by atoms with Gasteiger partial charge in [0, 0.05) is 28.8 Å². The average molecular weight is 430 g/mol. The zero-order chi connectivity index (χ0) is 22.7. The molecule has 3 aromatic rings. The summed E-state index contributed by atoms with van der Waals surface area (Å²) in [4.78, 5) is 25.5. The van der Waals surface area contributed by atoms with Crippen LogP contribution in [0.4, 0.5) is 5.69 Å². The lowest BCUT2D eigenvalue weighted by molar-refractivity contribution is 0.0953. The Balaban J connectivity index is 1.58. The molecule has 0 radical (unpaired) electrons. The molecular formula is C26H27N3O3. The predicted molar refractivity (Wildman–Crippen MR) is 125 cm³/mol. The summed E-state index contributed by atoms with van der Waals surface area (Å²) in [7, 11) is 0. The lowest BCUT2D eigenvalue weighted by Gasteiger charge is -2.13. The van der Waals surface area contributed by atoms with Gasteiger partial charge in [0.25, 0.3) is 11.8 Å². The molecule has 2 N–H and O–H groups in total. The van der Waals surface area contributed by atoms with Crippen molar-refractivity contribution in [3.63, 3.8) is 0 Å². The lowest BCUT2D eigenvalue weighted by Crippen LogP contribution is -2.22. The van der Waals surface area contributed by atoms with Crippen LogP contribution >= 0.6 is 0 Å². The predicted octanol–water partition coefficient (Wildman–Crippen LogP) is 5.18. The van der Waals surface area contributed by atoms with Gasteiger partial charge in [0.15, 0.2) is 5.76 Å². The van der Waals surface area contributed by atoms with Crippen molar-refractivity contribution in [2.24, 2.45) is 5.10 Å². The van der Waals surface area contributed by atoms with Crippen LogP contribution in [0.5, 0.6) is 0 Å². The van der Waals surface area contributed by atoms with E-state index >= 15 is 0 Å². The first kappa shape index (κ1) is 21.6. The van der Waals surface area contributed by atoms with Crippen LogP contribution in [-0.4, -0.2) is 17.5 Å². The topological polar surface area (TPSA) is 83.7 Å². The van der Waals surface area contributed by atoms with Crippen LogP contribution < -0.4 is 10.7 Å². The van der Waals surface area contributed by atoms with E-state index in [0.29, 0.717) is 17.7 Å². The number of nitrogens with zero attached hydrogens (tertiary/aromatic N) is 1. The molecular weight excluding hydrogens is 402 g/mol. The van der Waals surface area contributed by atoms with Gasteiger partial charge >= 0.3 is 0 Å². The fourth-order valence-electron chi connectivity index (χ4n) is 4.10. The first-order valence-electron chi connectivity index (χ1n) is 10.9. The first-order chi connectivity index (χ1) is 15.5. The maximum absolute atomic E-state index is 13.0. The van der Waals surface area contributed by atoms with E-state index in [9.17, 15) is 9.59 Å². The number of anilines is 1. The monoisotopic (exact) mass is 429 g/mol. The van der Waals surface area contributed by atoms with Crippen molar-refractivity contribution < 1.29 is 14.0 Å². The molecule has 2 aromatic carbocycles. The number of nitrogens with one attached hydrogen (secondary N) is 2. The minimum Gasteiger partial charge on any atom is -0.455 e. The molecule has 32 heavy (non-hydrogen) atoms. The summed E-state index contributed by atoms with van der Waals surface area (Å²) in [5.41, 5.74) is 8.40. The Morgan fingerprint density at radius 3 is 2.62 bits per heavy atom. The van der Waals surface area contributed by atoms with Gasteiger partial charge in [-0.3, -0.25) is 9.59 Å². The molecule has 0 saturated heterocycles. The molecule has 0 bridgehead atoms. The Labute approximate surface area is 187 Å². The van der Waals surface area contributed by atoms with Gasteiger partial charge in [-0.2, -0.15) is 5.10 Å². The van der Waals surface area contributed by atoms with Gasteiger partial charge in [-0.15, -0.1) is 0 Å². The second-order valence-electron chi connectivity index (χ2n) is 8.04. The van der Waals surface area contributed by atoms with Gasteiger partial charge < -0.3 is 9.73 Å². The Kier molecular flexibility index (Phi) is 6.21. The van der Waals surface area contributed by atoms with E-state index in [1.807, 2.05) is 56.3 Å². The van der Waals surface area contributed by atoms with Crippen LogP contribution in [0, 0.1) is 13.8 Å². The number of hydrogen-bond donors (Lipinski definition) is 2. The van der Waals surface area contributed by atoms with E-state index in [1.165, 1.54) is 0 Å². The molecule has 0 unspecified atom stereocenters. The third kappa shape index (κ3) is 4.35. The van der Waals surface area contributed by atoms with Gasteiger partial charge in [-0.25, -0.2) is 5.43 Å². The summed E-state index contributed by atoms with van der Waals surface area (Å²) in [6.45, 7) is 5.86. The zero-order valence-electron chi connectivity index (χ0n) is 18.6. The number of rotatable bonds is 5. The smallest absolute Gasteiger partial charge is 0.291 e. The fourth-order valence-corrected chi connectivity index (χ4v) is 4.10. The molecule has 1 aromatic heterocycles. The van der Waals surface area contributed by atoms with Crippen molar-refractivity contribution in [3.8, 4) is 0 Å². The number of amides is 2. The molecule has 6 nitrogen and oxygen atoms in total. The number of hydrogen-bond acceptors (Lipinski definition) is 4. The van der Waals surface area contributed by atoms with Crippen molar-refractivity contribution in [1.29, 1.82) is 0 Å². The molecule has 2 amide bonds. The van der Waals surface area contributed by atoms with Crippen molar-refractivity contribution >= 4 is 23.2 Å². The van der Waals surface area contributed by atoms with Gasteiger partial charge in [-0.05, 0) is 56.9 Å². The Hall–Kier alpha value is -3.67. The van der Waals surface area contributed by atoms with Crippen LogP contribution in [0.1, 0.15) is 68.7 Å². The summed E-state index contributed by atoms with van der Waals surface area (Å²) in [6, 6.07) is 15.1. The molecule has 0 aliphatic heterocycles. The van der Waals surface area contributed by atoms with Crippen molar-refractivity contribution in [2.75, 3.05) is 5.32 Å². The molecule has 0 atom stereocenters. The standard InChI is InChI=1S/C26H27N3O3/c1-4-18-10-5-6-12-20(18)27-26(31)24-17(3)23-21(13-8-14-22(23)32-24)28-29-25(30)19-11-7-9-16(2)15-19/h5-7,9-12,15H,4,8,13-14H2,1-3H3,(H,27,31)(H,29,30)/b28-21+. The Morgan fingerprint density at radius 1 is 1.03 bits per heavy atom. The lowest BCUT2D eigenvalue weighted by atomic mass is 9.93. The largest absolute Gasteiger partial charge is 0.455 e. The average Bonchev–Trinajstić information content (AvgIpc) is 3.15. The highest BCUT2D eigenvalue weighted by Gasteiger charge is 2.28. The molecule has 1 aliphatic rings. The number of aryl methyl sites for hydroxylation is 3. The highest BCUT2D eigenvalue weighted by Crippen LogP contribution is 2.30. The van der Waals surface area contributed by atoms with Crippen molar-refractivity contribution in [1.82, 2.24) is 5.43 Å². The van der Waals surface area contributed by atoms with E-state index < -0.39 is 0 Å². The molecule has 0 spiro atoms. The highest BCUT2D eigenvalue weighted by atomic mass is 16.4. The van der Waals surface area contributed by atoms with E-state index in [2.05, 4.69) is 22.8 Å². The number of benzene rings is 2. The zero-order valence-corrected chi connectivity index (χ0v) is 18.6. The number of hydrazone groups is 1. The number of carbonyl (C=O) groups excluding carboxylic acids is 2. The molecule has 1 heterocycles. The summed E-state index contributed by atoms with van der Waals surface area (Å²) in [5.74, 6) is 0.497. The van der Waals surface area contributed by atoms with E-state index in [-0.39, 0.29) is 11.8 Å². The van der Waals surface area contributed by atoms with Crippen LogP contribution in [0.25, 0.3) is 0 Å². The number of para-hydroxylation sites is 1. The van der Waals surface area contributed by atoms with E-state index in [0.717, 1.165) is 58.7 Å². The van der Waals surface area contributed by atoms with E-state index in [4.69, 9.17) is 4.42 Å². The normalized spacial score (nSPS) is 14.2. The second-order valence-corrected chi connectivity index (χ2v) is 8.04. The first-order valence-corrected chi connectivity index (χ1v) is 10.9. The second kappa shape index (κ2) is 9.22. The maximum Gasteiger partial charge on any atom is 0.291 e. The van der Waals surface area contributed by atoms with Gasteiger partial charge in [0.1, 0.15) is 5.76 Å². The minimum absolute atomic E-state index is 0.261. The molecule has 6 heteroatoms. The minimum atomic E-state index is -0.277. The van der Waals surface area contributed by atoms with Crippen LogP contribution in [0.15, 0.2) is 58.0 Å². The maximum atomic E-state index is 13.0. The summed E-state index contributed by atoms with van der Waals surface area (Å²) < 4.78 is 5.98. The van der Waals surface area contributed by atoms with Crippen molar-refractivity contribution in [2.45, 2.75) is 46.5 Å². The van der Waals surface area contributed by atoms with Gasteiger partial charge in [-0.1, -0.05) is 42.8 Å². The van der Waals surface area contributed by atoms with Crippen LogP contribution in [-0.2, 0) is 12.8 Å². The summed E-state index contributed by atoms with van der Waals surface area (Å²) in [5, 5.41) is 7.38. The van der Waals surface area contributed by atoms with Gasteiger partial charge in [0.05, 0.1) is 5.71 Å². The van der Waals surface area contributed by atoms with Crippen molar-refractivity contribution in [3.05, 3.63) is 87.9 Å². The summed E-state index contributed by atoms with van der Waals surface area (Å²) >= 11 is 0. The molecule has 0 fully saturated rings. The third-order valence-electron chi connectivity index (χ3n) is 5.75.